The summed E-state index contributed by atoms with van der Waals surface area (Å²) >= 11 is 4.94. The summed E-state index contributed by atoms with van der Waals surface area (Å²) < 4.78 is 0.994. The first-order chi connectivity index (χ1) is 9.24. The molecule has 0 bridgehead atoms. The largest absolute Gasteiger partial charge is 0.368 e. The van der Waals surface area contributed by atoms with Gasteiger partial charge in [0.25, 0.3) is 0 Å². The van der Waals surface area contributed by atoms with Crippen molar-refractivity contribution in [3.8, 4) is 0 Å². The first-order valence-corrected chi connectivity index (χ1v) is 7.22. The number of halogens is 1. The molecular weight excluding hydrogens is 326 g/mol. The lowest BCUT2D eigenvalue weighted by atomic mass is 10.0. The van der Waals surface area contributed by atoms with Crippen LogP contribution in [0.25, 0.3) is 6.08 Å². The maximum atomic E-state index is 11.8. The molecule has 1 aliphatic rings. The highest BCUT2D eigenvalue weighted by molar-refractivity contribution is 9.10. The van der Waals surface area contributed by atoms with E-state index < -0.39 is 5.97 Å². The van der Waals surface area contributed by atoms with Crippen molar-refractivity contribution in [1.82, 2.24) is 0 Å². The summed E-state index contributed by atoms with van der Waals surface area (Å²) in [5.74, 6) is -0.414. The number of thiophene rings is 1. The van der Waals surface area contributed by atoms with E-state index in [2.05, 4.69) is 21.1 Å². The summed E-state index contributed by atoms with van der Waals surface area (Å²) in [6, 6.07) is 11.5. The van der Waals surface area contributed by atoms with E-state index in [9.17, 15) is 4.79 Å². The Morgan fingerprint density at radius 2 is 2.05 bits per heavy atom. The Balaban J connectivity index is 2.01. The molecule has 0 unspecified atom stereocenters. The van der Waals surface area contributed by atoms with Gasteiger partial charge in [0.1, 0.15) is 5.71 Å². The average molecular weight is 334 g/mol. The summed E-state index contributed by atoms with van der Waals surface area (Å²) in [5, 5.41) is 5.83. The molecule has 0 radical (unpaired) electrons. The molecule has 0 atom stereocenters. The number of oxime groups is 1. The molecule has 19 heavy (non-hydrogen) atoms. The van der Waals surface area contributed by atoms with Crippen LogP contribution in [0.15, 0.2) is 57.0 Å². The molecule has 3 rings (SSSR count). The van der Waals surface area contributed by atoms with Gasteiger partial charge in [-0.3, -0.25) is 0 Å². The van der Waals surface area contributed by atoms with Crippen LogP contribution in [0.3, 0.4) is 0 Å². The fourth-order valence-corrected chi connectivity index (χ4v) is 3.14. The Morgan fingerprint density at radius 1 is 1.26 bits per heavy atom. The van der Waals surface area contributed by atoms with Crippen molar-refractivity contribution in [2.24, 2.45) is 5.16 Å². The van der Waals surface area contributed by atoms with Gasteiger partial charge in [-0.05, 0) is 28.1 Å². The van der Waals surface area contributed by atoms with Crippen molar-refractivity contribution in [2.75, 3.05) is 0 Å². The van der Waals surface area contributed by atoms with Gasteiger partial charge in [0.2, 0.25) is 0 Å². The summed E-state index contributed by atoms with van der Waals surface area (Å²) in [4.78, 5) is 17.5. The van der Waals surface area contributed by atoms with Gasteiger partial charge in [-0.1, -0.05) is 35.5 Å². The molecule has 2 aromatic rings. The van der Waals surface area contributed by atoms with Crippen LogP contribution in [-0.4, -0.2) is 11.7 Å². The highest BCUT2D eigenvalue weighted by Gasteiger charge is 2.26. The fourth-order valence-electron chi connectivity index (χ4n) is 1.76. The number of benzene rings is 1. The first-order valence-electron chi connectivity index (χ1n) is 5.55. The Kier molecular flexibility index (Phi) is 3.31. The third-order valence-electron chi connectivity index (χ3n) is 2.62. The molecule has 3 nitrogen and oxygen atoms in total. The van der Waals surface area contributed by atoms with Gasteiger partial charge in [0, 0.05) is 20.3 Å². The minimum absolute atomic E-state index is 0.414. The highest BCUT2D eigenvalue weighted by atomic mass is 79.9. The Labute approximate surface area is 122 Å². The Bertz CT molecular complexity index is 688. The highest BCUT2D eigenvalue weighted by Crippen LogP contribution is 2.25. The molecule has 2 heterocycles. The van der Waals surface area contributed by atoms with Crippen molar-refractivity contribution in [2.45, 2.75) is 0 Å². The zero-order valence-electron chi connectivity index (χ0n) is 9.67. The van der Waals surface area contributed by atoms with Gasteiger partial charge in [-0.2, -0.15) is 0 Å². The minimum atomic E-state index is -0.414. The molecule has 0 saturated heterocycles. The summed E-state index contributed by atoms with van der Waals surface area (Å²) in [6.07, 6.45) is 1.80. The van der Waals surface area contributed by atoms with Gasteiger partial charge in [0.05, 0.1) is 5.57 Å². The second-order valence-electron chi connectivity index (χ2n) is 3.91. The van der Waals surface area contributed by atoms with E-state index in [1.807, 2.05) is 41.8 Å². The molecule has 0 aliphatic carbocycles. The molecule has 5 heteroatoms. The summed E-state index contributed by atoms with van der Waals surface area (Å²) in [6.45, 7) is 0. The number of nitrogens with zero attached hydrogens (tertiary/aromatic N) is 1. The number of hydrogen-bond donors (Lipinski definition) is 0. The van der Waals surface area contributed by atoms with E-state index in [4.69, 9.17) is 4.84 Å². The maximum Gasteiger partial charge on any atom is 0.368 e. The fraction of sp³-hybridized carbons (Fsp3) is 0. The molecule has 0 amide bonds. The molecule has 1 aromatic heterocycles. The molecule has 0 saturated carbocycles. The van der Waals surface area contributed by atoms with E-state index in [0.717, 1.165) is 14.9 Å². The maximum absolute atomic E-state index is 11.8. The SMILES string of the molecule is O=C1ON=C(c2ccccc2)/C1=C/c1cc(Br)cs1. The van der Waals surface area contributed by atoms with Crippen molar-refractivity contribution >= 4 is 45.0 Å². The van der Waals surface area contributed by atoms with Crippen LogP contribution >= 0.6 is 27.3 Å². The van der Waals surface area contributed by atoms with Crippen LogP contribution in [0.1, 0.15) is 10.4 Å². The molecule has 0 spiro atoms. The van der Waals surface area contributed by atoms with Gasteiger partial charge < -0.3 is 4.84 Å². The topological polar surface area (TPSA) is 38.7 Å². The first kappa shape index (κ1) is 12.3. The van der Waals surface area contributed by atoms with Crippen molar-refractivity contribution in [3.05, 3.63) is 62.3 Å². The van der Waals surface area contributed by atoms with Gasteiger partial charge in [0.15, 0.2) is 0 Å². The lowest BCUT2D eigenvalue weighted by Crippen LogP contribution is -2.06. The van der Waals surface area contributed by atoms with Crippen molar-refractivity contribution in [3.63, 3.8) is 0 Å². The minimum Gasteiger partial charge on any atom is -0.312 e. The quantitative estimate of drug-likeness (QED) is 0.618. The normalized spacial score (nSPS) is 16.6. The van der Waals surface area contributed by atoms with E-state index in [1.165, 1.54) is 0 Å². The zero-order chi connectivity index (χ0) is 13.2. The number of carbonyl (C=O) groups is 1. The molecule has 0 fully saturated rings. The third-order valence-corrected chi connectivity index (χ3v) is 4.26. The second-order valence-corrected chi connectivity index (χ2v) is 5.77. The summed E-state index contributed by atoms with van der Waals surface area (Å²) in [7, 11) is 0. The van der Waals surface area contributed by atoms with Gasteiger partial charge in [-0.15, -0.1) is 11.3 Å². The van der Waals surface area contributed by atoms with E-state index in [0.29, 0.717) is 11.3 Å². The number of hydrogen-bond acceptors (Lipinski definition) is 4. The van der Waals surface area contributed by atoms with Crippen LogP contribution in [0.4, 0.5) is 0 Å². The lowest BCUT2D eigenvalue weighted by Gasteiger charge is -1.98. The van der Waals surface area contributed by atoms with E-state index in [1.54, 1.807) is 17.4 Å². The monoisotopic (exact) mass is 333 g/mol. The van der Waals surface area contributed by atoms with Crippen LogP contribution in [0, 0.1) is 0 Å². The predicted molar refractivity (Wildman–Crippen MR) is 79.1 cm³/mol. The summed E-state index contributed by atoms with van der Waals surface area (Å²) in [5.41, 5.74) is 1.94. The van der Waals surface area contributed by atoms with Crippen LogP contribution in [0.5, 0.6) is 0 Å². The molecule has 1 aromatic carbocycles. The van der Waals surface area contributed by atoms with E-state index >= 15 is 0 Å². The Hall–Kier alpha value is -1.72. The van der Waals surface area contributed by atoms with Crippen molar-refractivity contribution in [1.29, 1.82) is 0 Å². The van der Waals surface area contributed by atoms with Gasteiger partial charge in [-0.25, -0.2) is 4.79 Å². The predicted octanol–water partition coefficient (Wildman–Crippen LogP) is 3.86. The second kappa shape index (κ2) is 5.11. The molecular formula is C14H8BrNO2S. The Morgan fingerprint density at radius 3 is 2.74 bits per heavy atom. The van der Waals surface area contributed by atoms with Crippen molar-refractivity contribution < 1.29 is 9.63 Å². The lowest BCUT2D eigenvalue weighted by molar-refractivity contribution is -0.136. The average Bonchev–Trinajstić information content (AvgIpc) is 2.99. The van der Waals surface area contributed by atoms with Crippen LogP contribution in [-0.2, 0) is 9.63 Å². The van der Waals surface area contributed by atoms with Crippen LogP contribution < -0.4 is 0 Å². The standard InChI is InChI=1S/C14H8BrNO2S/c15-10-6-11(19-8-10)7-12-13(16-18-14(12)17)9-4-2-1-3-5-9/h1-8H/b12-7-. The molecule has 0 N–H and O–H groups in total. The van der Waals surface area contributed by atoms with Gasteiger partial charge >= 0.3 is 5.97 Å². The zero-order valence-corrected chi connectivity index (χ0v) is 12.1. The smallest absolute Gasteiger partial charge is 0.312 e. The number of carbonyl (C=O) groups excluding carboxylic acids is 1. The van der Waals surface area contributed by atoms with Crippen LogP contribution in [0.2, 0.25) is 0 Å². The molecule has 1 aliphatic heterocycles. The number of rotatable bonds is 2. The van der Waals surface area contributed by atoms with E-state index in [-0.39, 0.29) is 0 Å². The molecule has 94 valence electrons. The third kappa shape index (κ3) is 2.52.